The standard InChI is InChI=1S/C13H20BrN/c1-3-9-15(10-4-2)11-12-5-7-13(14)8-6-12/h5-8H,3-4,9-11H2,1-2H3. The lowest BCUT2D eigenvalue weighted by Gasteiger charge is -2.20. The Balaban J connectivity index is 2.53. The highest BCUT2D eigenvalue weighted by Crippen LogP contribution is 2.12. The summed E-state index contributed by atoms with van der Waals surface area (Å²) in [6.07, 6.45) is 2.47. The van der Waals surface area contributed by atoms with E-state index in [1.165, 1.54) is 31.5 Å². The van der Waals surface area contributed by atoms with Crippen LogP contribution in [0.1, 0.15) is 32.3 Å². The molecular weight excluding hydrogens is 250 g/mol. The lowest BCUT2D eigenvalue weighted by Crippen LogP contribution is -2.24. The van der Waals surface area contributed by atoms with E-state index in [1.54, 1.807) is 0 Å². The van der Waals surface area contributed by atoms with Crippen molar-refractivity contribution >= 4 is 15.9 Å². The Morgan fingerprint density at radius 2 is 1.53 bits per heavy atom. The van der Waals surface area contributed by atoms with Crippen LogP contribution in [-0.2, 0) is 6.54 Å². The van der Waals surface area contributed by atoms with Gasteiger partial charge in [-0.25, -0.2) is 0 Å². The van der Waals surface area contributed by atoms with Crippen molar-refractivity contribution in [3.05, 3.63) is 34.3 Å². The first-order chi connectivity index (χ1) is 7.26. The number of benzene rings is 1. The quantitative estimate of drug-likeness (QED) is 0.753. The molecule has 1 aromatic carbocycles. The molecule has 0 unspecified atom stereocenters. The molecule has 0 fully saturated rings. The molecule has 0 aliphatic rings. The molecule has 1 aromatic rings. The van der Waals surface area contributed by atoms with Gasteiger partial charge in [-0.3, -0.25) is 4.90 Å². The SMILES string of the molecule is CCCN(CCC)Cc1ccc(Br)cc1. The largest absolute Gasteiger partial charge is 0.299 e. The molecule has 0 aliphatic carbocycles. The smallest absolute Gasteiger partial charge is 0.0233 e. The second kappa shape index (κ2) is 7.02. The average Bonchev–Trinajstić information content (AvgIpc) is 2.22. The van der Waals surface area contributed by atoms with E-state index >= 15 is 0 Å². The van der Waals surface area contributed by atoms with Crippen LogP contribution in [0, 0.1) is 0 Å². The van der Waals surface area contributed by atoms with Crippen molar-refractivity contribution in [2.24, 2.45) is 0 Å². The molecule has 0 aliphatic heterocycles. The Bertz CT molecular complexity index is 262. The van der Waals surface area contributed by atoms with Gasteiger partial charge in [0.1, 0.15) is 0 Å². The minimum Gasteiger partial charge on any atom is -0.299 e. The maximum atomic E-state index is 3.46. The van der Waals surface area contributed by atoms with E-state index in [4.69, 9.17) is 0 Å². The van der Waals surface area contributed by atoms with Gasteiger partial charge in [-0.1, -0.05) is 41.9 Å². The predicted molar refractivity (Wildman–Crippen MR) is 70.0 cm³/mol. The van der Waals surface area contributed by atoms with Gasteiger partial charge in [0, 0.05) is 11.0 Å². The zero-order chi connectivity index (χ0) is 11.1. The summed E-state index contributed by atoms with van der Waals surface area (Å²) in [5, 5.41) is 0. The van der Waals surface area contributed by atoms with Crippen molar-refractivity contribution in [2.45, 2.75) is 33.2 Å². The maximum Gasteiger partial charge on any atom is 0.0233 e. The number of halogens is 1. The Morgan fingerprint density at radius 1 is 1.00 bits per heavy atom. The number of nitrogens with zero attached hydrogens (tertiary/aromatic N) is 1. The topological polar surface area (TPSA) is 3.24 Å². The second-order valence-electron chi connectivity index (χ2n) is 3.90. The molecule has 15 heavy (non-hydrogen) atoms. The predicted octanol–water partition coefficient (Wildman–Crippen LogP) is 4.07. The fourth-order valence-corrected chi connectivity index (χ4v) is 2.01. The van der Waals surface area contributed by atoms with E-state index in [9.17, 15) is 0 Å². The third-order valence-electron chi connectivity index (χ3n) is 2.40. The molecule has 1 rings (SSSR count). The van der Waals surface area contributed by atoms with Crippen LogP contribution in [-0.4, -0.2) is 18.0 Å². The van der Waals surface area contributed by atoms with Crippen molar-refractivity contribution < 1.29 is 0 Å². The Hall–Kier alpha value is -0.340. The molecule has 0 saturated carbocycles. The van der Waals surface area contributed by atoms with Crippen LogP contribution in [0.25, 0.3) is 0 Å². The van der Waals surface area contributed by atoms with Crippen LogP contribution in [0.15, 0.2) is 28.7 Å². The number of hydrogen-bond donors (Lipinski definition) is 0. The van der Waals surface area contributed by atoms with Gasteiger partial charge in [0.05, 0.1) is 0 Å². The van der Waals surface area contributed by atoms with Crippen LogP contribution in [0.3, 0.4) is 0 Å². The van der Waals surface area contributed by atoms with Gasteiger partial charge in [-0.2, -0.15) is 0 Å². The third kappa shape index (κ3) is 4.80. The van der Waals surface area contributed by atoms with E-state index in [1.807, 2.05) is 0 Å². The summed E-state index contributed by atoms with van der Waals surface area (Å²) in [6, 6.07) is 8.63. The zero-order valence-corrected chi connectivity index (χ0v) is 11.3. The molecule has 0 saturated heterocycles. The minimum atomic E-state index is 1.08. The molecule has 0 aromatic heterocycles. The maximum absolute atomic E-state index is 3.46. The van der Waals surface area contributed by atoms with E-state index in [0.29, 0.717) is 0 Å². The van der Waals surface area contributed by atoms with Crippen LogP contribution in [0.2, 0.25) is 0 Å². The fraction of sp³-hybridized carbons (Fsp3) is 0.538. The molecular formula is C13H20BrN. The summed E-state index contributed by atoms with van der Waals surface area (Å²) >= 11 is 3.46. The van der Waals surface area contributed by atoms with E-state index in [2.05, 4.69) is 58.9 Å². The average molecular weight is 270 g/mol. The molecule has 0 atom stereocenters. The summed E-state index contributed by atoms with van der Waals surface area (Å²) in [4.78, 5) is 2.52. The van der Waals surface area contributed by atoms with E-state index in [0.717, 1.165) is 11.0 Å². The Labute approximate surface area is 102 Å². The lowest BCUT2D eigenvalue weighted by molar-refractivity contribution is 0.266. The molecule has 2 heteroatoms. The first kappa shape index (κ1) is 12.7. The second-order valence-corrected chi connectivity index (χ2v) is 4.82. The molecule has 0 radical (unpaired) electrons. The first-order valence-electron chi connectivity index (χ1n) is 5.73. The summed E-state index contributed by atoms with van der Waals surface area (Å²) in [7, 11) is 0. The zero-order valence-electron chi connectivity index (χ0n) is 9.67. The van der Waals surface area contributed by atoms with Gasteiger partial charge in [0.2, 0.25) is 0 Å². The molecule has 0 spiro atoms. The monoisotopic (exact) mass is 269 g/mol. The van der Waals surface area contributed by atoms with Crippen LogP contribution < -0.4 is 0 Å². The highest BCUT2D eigenvalue weighted by molar-refractivity contribution is 9.10. The summed E-state index contributed by atoms with van der Waals surface area (Å²) < 4.78 is 1.16. The molecule has 0 heterocycles. The van der Waals surface area contributed by atoms with Gasteiger partial charge < -0.3 is 0 Å². The van der Waals surface area contributed by atoms with E-state index in [-0.39, 0.29) is 0 Å². The first-order valence-corrected chi connectivity index (χ1v) is 6.52. The number of rotatable bonds is 6. The fourth-order valence-electron chi connectivity index (χ4n) is 1.75. The lowest BCUT2D eigenvalue weighted by atomic mass is 10.2. The van der Waals surface area contributed by atoms with Crippen LogP contribution in [0.4, 0.5) is 0 Å². The molecule has 84 valence electrons. The van der Waals surface area contributed by atoms with Gasteiger partial charge >= 0.3 is 0 Å². The number of hydrogen-bond acceptors (Lipinski definition) is 1. The third-order valence-corrected chi connectivity index (χ3v) is 2.93. The molecule has 1 nitrogen and oxygen atoms in total. The summed E-state index contributed by atoms with van der Waals surface area (Å²) in [5.41, 5.74) is 1.40. The van der Waals surface area contributed by atoms with Gasteiger partial charge in [-0.05, 0) is 43.6 Å². The van der Waals surface area contributed by atoms with Crippen molar-refractivity contribution in [2.75, 3.05) is 13.1 Å². The summed E-state index contributed by atoms with van der Waals surface area (Å²) in [6.45, 7) is 7.96. The van der Waals surface area contributed by atoms with Crippen LogP contribution in [0.5, 0.6) is 0 Å². The highest BCUT2D eigenvalue weighted by atomic mass is 79.9. The van der Waals surface area contributed by atoms with Gasteiger partial charge in [-0.15, -0.1) is 0 Å². The van der Waals surface area contributed by atoms with Crippen molar-refractivity contribution in [1.82, 2.24) is 4.90 Å². The van der Waals surface area contributed by atoms with Gasteiger partial charge in [0.25, 0.3) is 0 Å². The Kier molecular flexibility index (Phi) is 5.96. The van der Waals surface area contributed by atoms with Crippen molar-refractivity contribution in [1.29, 1.82) is 0 Å². The minimum absolute atomic E-state index is 1.08. The molecule has 0 N–H and O–H groups in total. The Morgan fingerprint density at radius 3 is 2.00 bits per heavy atom. The summed E-state index contributed by atoms with van der Waals surface area (Å²) in [5.74, 6) is 0. The van der Waals surface area contributed by atoms with Crippen molar-refractivity contribution in [3.63, 3.8) is 0 Å². The van der Waals surface area contributed by atoms with Crippen LogP contribution >= 0.6 is 15.9 Å². The molecule has 0 amide bonds. The van der Waals surface area contributed by atoms with E-state index < -0.39 is 0 Å². The van der Waals surface area contributed by atoms with Crippen molar-refractivity contribution in [3.8, 4) is 0 Å². The highest BCUT2D eigenvalue weighted by Gasteiger charge is 2.03. The molecule has 0 bridgehead atoms. The van der Waals surface area contributed by atoms with Gasteiger partial charge in [0.15, 0.2) is 0 Å². The normalized spacial score (nSPS) is 10.9.